The van der Waals surface area contributed by atoms with Crippen molar-refractivity contribution in [1.82, 2.24) is 0 Å². The minimum atomic E-state index is -0.342. The third-order valence-corrected chi connectivity index (χ3v) is 4.28. The van der Waals surface area contributed by atoms with E-state index in [-0.39, 0.29) is 5.60 Å². The van der Waals surface area contributed by atoms with Crippen LogP contribution in [0.25, 0.3) is 11.1 Å². The lowest BCUT2D eigenvalue weighted by Gasteiger charge is -2.16. The fourth-order valence-corrected chi connectivity index (χ4v) is 3.02. The van der Waals surface area contributed by atoms with Gasteiger partial charge in [-0.1, -0.05) is 41.6 Å². The summed E-state index contributed by atoms with van der Waals surface area (Å²) in [6, 6.07) is 14.4. The highest BCUT2D eigenvalue weighted by molar-refractivity contribution is 6.24. The molecule has 0 aromatic heterocycles. The number of hydrogen-bond donors (Lipinski definition) is 0. The number of oxime groups is 1. The molecule has 0 heterocycles. The second-order valence-electron chi connectivity index (χ2n) is 7.66. The Hall–Kier alpha value is -2.59. The first kappa shape index (κ1) is 20.2. The third-order valence-electron chi connectivity index (χ3n) is 4.28. The van der Waals surface area contributed by atoms with Crippen molar-refractivity contribution in [2.24, 2.45) is 5.16 Å². The summed E-state index contributed by atoms with van der Waals surface area (Å²) in [4.78, 5) is 5.74. The molecule has 0 atom stereocenters. The molecule has 0 spiro atoms. The van der Waals surface area contributed by atoms with E-state index in [2.05, 4.69) is 29.4 Å². The Morgan fingerprint density at radius 2 is 1.68 bits per heavy atom. The molecule has 1 aliphatic rings. The van der Waals surface area contributed by atoms with Crippen molar-refractivity contribution in [2.75, 3.05) is 19.8 Å². The first-order valence-electron chi connectivity index (χ1n) is 9.85. The standard InChI is InChI=1S/C24H29NO3/c1-5-26-15-9-6-10-16-27-18-13-14-20-19-11-7-8-12-21(19)23(22(20)17-18)25-28-24(2,3)4/h6-8,10-14,17H,5,9,15-16H2,1-4H3/b10-6+,25-23+. The monoisotopic (exact) mass is 379 g/mol. The Kier molecular flexibility index (Phi) is 6.53. The van der Waals surface area contributed by atoms with Crippen LogP contribution in [0.15, 0.2) is 59.8 Å². The van der Waals surface area contributed by atoms with Gasteiger partial charge in [-0.3, -0.25) is 0 Å². The summed E-state index contributed by atoms with van der Waals surface area (Å²) >= 11 is 0. The van der Waals surface area contributed by atoms with Gasteiger partial charge in [0.1, 0.15) is 23.7 Å². The molecular weight excluding hydrogens is 350 g/mol. The highest BCUT2D eigenvalue weighted by Crippen LogP contribution is 2.39. The normalized spacial score (nSPS) is 14.4. The largest absolute Gasteiger partial charge is 0.490 e. The predicted octanol–water partition coefficient (Wildman–Crippen LogP) is 5.60. The zero-order chi connectivity index (χ0) is 20.0. The molecule has 0 N–H and O–H groups in total. The molecule has 0 bridgehead atoms. The van der Waals surface area contributed by atoms with Crippen molar-refractivity contribution < 1.29 is 14.3 Å². The minimum Gasteiger partial charge on any atom is -0.490 e. The van der Waals surface area contributed by atoms with E-state index in [0.717, 1.165) is 47.8 Å². The minimum absolute atomic E-state index is 0.342. The molecule has 0 amide bonds. The van der Waals surface area contributed by atoms with Gasteiger partial charge in [-0.05, 0) is 63.4 Å². The van der Waals surface area contributed by atoms with Crippen LogP contribution in [0.4, 0.5) is 0 Å². The Morgan fingerprint density at radius 3 is 2.43 bits per heavy atom. The number of hydrogen-bond acceptors (Lipinski definition) is 4. The van der Waals surface area contributed by atoms with E-state index in [1.165, 1.54) is 5.56 Å². The van der Waals surface area contributed by atoms with E-state index in [0.29, 0.717) is 6.61 Å². The number of fused-ring (bicyclic) bond motifs is 3. The van der Waals surface area contributed by atoms with Crippen molar-refractivity contribution in [3.63, 3.8) is 0 Å². The quantitative estimate of drug-likeness (QED) is 0.291. The van der Waals surface area contributed by atoms with Gasteiger partial charge in [-0.15, -0.1) is 0 Å². The first-order chi connectivity index (χ1) is 13.5. The van der Waals surface area contributed by atoms with Gasteiger partial charge in [0.05, 0.1) is 0 Å². The van der Waals surface area contributed by atoms with Gasteiger partial charge >= 0.3 is 0 Å². The van der Waals surface area contributed by atoms with E-state index in [9.17, 15) is 0 Å². The lowest BCUT2D eigenvalue weighted by molar-refractivity contribution is 0.00121. The number of nitrogens with zero attached hydrogens (tertiary/aromatic N) is 1. The van der Waals surface area contributed by atoms with Crippen molar-refractivity contribution in [1.29, 1.82) is 0 Å². The van der Waals surface area contributed by atoms with Crippen LogP contribution >= 0.6 is 0 Å². The second kappa shape index (κ2) is 9.07. The topological polar surface area (TPSA) is 40.0 Å². The number of rotatable bonds is 8. The molecule has 2 aromatic carbocycles. The lowest BCUT2D eigenvalue weighted by atomic mass is 10.1. The van der Waals surface area contributed by atoms with Crippen molar-refractivity contribution >= 4 is 5.71 Å². The Bertz CT molecular complexity index is 862. The molecule has 0 radical (unpaired) electrons. The summed E-state index contributed by atoms with van der Waals surface area (Å²) < 4.78 is 11.2. The van der Waals surface area contributed by atoms with Crippen LogP contribution in [-0.2, 0) is 9.57 Å². The number of benzene rings is 2. The smallest absolute Gasteiger partial charge is 0.129 e. The Balaban J connectivity index is 1.77. The molecule has 4 heteroatoms. The molecule has 1 aliphatic carbocycles. The summed E-state index contributed by atoms with van der Waals surface area (Å²) in [5.41, 5.74) is 4.99. The van der Waals surface area contributed by atoms with Gasteiger partial charge in [0.2, 0.25) is 0 Å². The molecular formula is C24H29NO3. The maximum Gasteiger partial charge on any atom is 0.129 e. The fourth-order valence-electron chi connectivity index (χ4n) is 3.02. The van der Waals surface area contributed by atoms with Gasteiger partial charge in [-0.25, -0.2) is 0 Å². The van der Waals surface area contributed by atoms with E-state index in [4.69, 9.17) is 14.3 Å². The number of ether oxygens (including phenoxy) is 2. The summed E-state index contributed by atoms with van der Waals surface area (Å²) in [6.45, 7) is 10.0. The average Bonchev–Trinajstić information content (AvgIpc) is 2.98. The van der Waals surface area contributed by atoms with E-state index >= 15 is 0 Å². The summed E-state index contributed by atoms with van der Waals surface area (Å²) in [5.74, 6) is 0.824. The molecule has 0 saturated carbocycles. The maximum atomic E-state index is 5.91. The highest BCUT2D eigenvalue weighted by Gasteiger charge is 2.26. The SMILES string of the molecule is CCOCC/C=C/COc1ccc2c(c1)/C(=N/OC(C)(C)C)c1ccccc1-2. The molecule has 0 unspecified atom stereocenters. The van der Waals surface area contributed by atoms with Crippen molar-refractivity contribution in [2.45, 2.75) is 39.7 Å². The molecule has 4 nitrogen and oxygen atoms in total. The molecule has 0 fully saturated rings. The Morgan fingerprint density at radius 1 is 0.929 bits per heavy atom. The predicted molar refractivity (Wildman–Crippen MR) is 114 cm³/mol. The van der Waals surface area contributed by atoms with Crippen molar-refractivity contribution in [3.05, 3.63) is 65.7 Å². The van der Waals surface area contributed by atoms with Gasteiger partial charge in [0.25, 0.3) is 0 Å². The van der Waals surface area contributed by atoms with Gasteiger partial charge in [-0.2, -0.15) is 0 Å². The van der Waals surface area contributed by atoms with Gasteiger partial charge in [0.15, 0.2) is 0 Å². The molecule has 0 aliphatic heterocycles. The zero-order valence-corrected chi connectivity index (χ0v) is 17.2. The van der Waals surface area contributed by atoms with Gasteiger partial charge < -0.3 is 14.3 Å². The molecule has 0 saturated heterocycles. The van der Waals surface area contributed by atoms with Crippen LogP contribution in [0.2, 0.25) is 0 Å². The third kappa shape index (κ3) is 5.02. The Labute approximate surface area is 167 Å². The van der Waals surface area contributed by atoms with Crippen LogP contribution in [0, 0.1) is 0 Å². The lowest BCUT2D eigenvalue weighted by Crippen LogP contribution is -2.17. The molecule has 3 rings (SSSR count). The van der Waals surface area contributed by atoms with Gasteiger partial charge in [0, 0.05) is 24.3 Å². The maximum absolute atomic E-state index is 5.91. The van der Waals surface area contributed by atoms with Crippen molar-refractivity contribution in [3.8, 4) is 16.9 Å². The second-order valence-corrected chi connectivity index (χ2v) is 7.66. The summed E-state index contributed by atoms with van der Waals surface area (Å²) in [6.07, 6.45) is 5.01. The van der Waals surface area contributed by atoms with Crippen LogP contribution in [0.1, 0.15) is 45.2 Å². The highest BCUT2D eigenvalue weighted by atomic mass is 16.6. The van der Waals surface area contributed by atoms with E-state index < -0.39 is 0 Å². The molecule has 28 heavy (non-hydrogen) atoms. The van der Waals surface area contributed by atoms with Crippen LogP contribution in [-0.4, -0.2) is 31.1 Å². The zero-order valence-electron chi connectivity index (χ0n) is 17.2. The van der Waals surface area contributed by atoms with Crippen LogP contribution in [0.5, 0.6) is 5.75 Å². The fraction of sp³-hybridized carbons (Fsp3) is 0.375. The molecule has 2 aromatic rings. The van der Waals surface area contributed by atoms with Crippen LogP contribution in [0.3, 0.4) is 0 Å². The van der Waals surface area contributed by atoms with E-state index in [1.54, 1.807) is 0 Å². The summed E-state index contributed by atoms with van der Waals surface area (Å²) in [5, 5.41) is 4.49. The summed E-state index contributed by atoms with van der Waals surface area (Å²) in [7, 11) is 0. The van der Waals surface area contributed by atoms with E-state index in [1.807, 2.05) is 58.0 Å². The first-order valence-corrected chi connectivity index (χ1v) is 9.85. The molecule has 148 valence electrons. The van der Waals surface area contributed by atoms with Crippen LogP contribution < -0.4 is 4.74 Å². The average molecular weight is 380 g/mol.